The summed E-state index contributed by atoms with van der Waals surface area (Å²) in [5.41, 5.74) is 7.52. The Morgan fingerprint density at radius 3 is 2.70 bits per heavy atom. The molecular formula is C15H16N2O2S. The van der Waals surface area contributed by atoms with Gasteiger partial charge in [-0.2, -0.15) is 0 Å². The molecule has 0 aliphatic carbocycles. The number of ether oxygens (including phenoxy) is 1. The van der Waals surface area contributed by atoms with Crippen LogP contribution < -0.4 is 15.8 Å². The first-order chi connectivity index (χ1) is 9.65. The summed E-state index contributed by atoms with van der Waals surface area (Å²) in [5.74, 6) is 0.373. The van der Waals surface area contributed by atoms with Crippen molar-refractivity contribution in [3.8, 4) is 5.75 Å². The fraction of sp³-hybridized carbons (Fsp3) is 0.133. The first-order valence-corrected chi connectivity index (χ1v) is 7.26. The van der Waals surface area contributed by atoms with Gasteiger partial charge in [-0.1, -0.05) is 12.1 Å². The lowest BCUT2D eigenvalue weighted by Gasteiger charge is -2.12. The summed E-state index contributed by atoms with van der Waals surface area (Å²) in [6.07, 6.45) is 1.94. The molecule has 0 unspecified atom stereocenters. The van der Waals surface area contributed by atoms with Gasteiger partial charge >= 0.3 is 0 Å². The molecule has 2 rings (SSSR count). The van der Waals surface area contributed by atoms with Crippen molar-refractivity contribution in [2.24, 2.45) is 0 Å². The van der Waals surface area contributed by atoms with Crippen molar-refractivity contribution >= 4 is 29.0 Å². The number of thioether (sulfide) groups is 1. The van der Waals surface area contributed by atoms with Crippen LogP contribution in [0.25, 0.3) is 0 Å². The van der Waals surface area contributed by atoms with Gasteiger partial charge in [0.1, 0.15) is 5.75 Å². The van der Waals surface area contributed by atoms with E-state index in [4.69, 9.17) is 10.5 Å². The van der Waals surface area contributed by atoms with Crippen LogP contribution in [0.3, 0.4) is 0 Å². The molecule has 2 aromatic rings. The van der Waals surface area contributed by atoms with E-state index in [1.165, 1.54) is 11.8 Å². The number of nitrogens with one attached hydrogen (secondary N) is 1. The molecule has 0 atom stereocenters. The Hall–Kier alpha value is -2.14. The second-order valence-electron chi connectivity index (χ2n) is 4.11. The predicted molar refractivity (Wildman–Crippen MR) is 83.6 cm³/mol. The number of hydrogen-bond donors (Lipinski definition) is 2. The minimum atomic E-state index is -0.168. The number of rotatable bonds is 4. The maximum atomic E-state index is 12.3. The Kier molecular flexibility index (Phi) is 4.53. The van der Waals surface area contributed by atoms with E-state index < -0.39 is 0 Å². The van der Waals surface area contributed by atoms with Crippen molar-refractivity contribution in [2.75, 3.05) is 24.4 Å². The molecule has 0 radical (unpaired) electrons. The molecule has 5 heteroatoms. The van der Waals surface area contributed by atoms with Crippen LogP contribution in [-0.2, 0) is 0 Å². The van der Waals surface area contributed by atoms with Crippen molar-refractivity contribution in [3.63, 3.8) is 0 Å². The van der Waals surface area contributed by atoms with Gasteiger partial charge in [0, 0.05) is 16.6 Å². The van der Waals surface area contributed by atoms with Crippen molar-refractivity contribution in [1.82, 2.24) is 0 Å². The molecule has 3 N–H and O–H groups in total. The van der Waals surface area contributed by atoms with E-state index in [1.807, 2.05) is 24.5 Å². The smallest absolute Gasteiger partial charge is 0.256 e. The van der Waals surface area contributed by atoms with Gasteiger partial charge in [0.15, 0.2) is 0 Å². The number of carbonyl (C=O) groups excluding carboxylic acids is 1. The van der Waals surface area contributed by atoms with Crippen molar-refractivity contribution in [1.29, 1.82) is 0 Å². The zero-order chi connectivity index (χ0) is 14.5. The monoisotopic (exact) mass is 288 g/mol. The van der Waals surface area contributed by atoms with E-state index in [0.29, 0.717) is 22.7 Å². The number of methoxy groups -OCH3 is 1. The van der Waals surface area contributed by atoms with Crippen LogP contribution in [0.5, 0.6) is 5.75 Å². The van der Waals surface area contributed by atoms with Gasteiger partial charge in [-0.05, 0) is 30.5 Å². The largest absolute Gasteiger partial charge is 0.494 e. The molecule has 0 saturated heterocycles. The number of carbonyl (C=O) groups is 1. The van der Waals surface area contributed by atoms with E-state index in [1.54, 1.807) is 31.4 Å². The number of amides is 1. The van der Waals surface area contributed by atoms with Crippen LogP contribution >= 0.6 is 11.8 Å². The van der Waals surface area contributed by atoms with Gasteiger partial charge in [0.05, 0.1) is 18.4 Å². The number of benzene rings is 2. The molecule has 0 spiro atoms. The minimum absolute atomic E-state index is 0.168. The second kappa shape index (κ2) is 6.34. The van der Waals surface area contributed by atoms with E-state index in [9.17, 15) is 4.79 Å². The summed E-state index contributed by atoms with van der Waals surface area (Å²) >= 11 is 1.53. The SMILES string of the molecule is COc1cc(N)ccc1NC(=O)c1ccccc1SC. The lowest BCUT2D eigenvalue weighted by atomic mass is 10.2. The van der Waals surface area contributed by atoms with Gasteiger partial charge in [-0.15, -0.1) is 11.8 Å². The zero-order valence-electron chi connectivity index (χ0n) is 11.3. The van der Waals surface area contributed by atoms with E-state index in [-0.39, 0.29) is 5.91 Å². The van der Waals surface area contributed by atoms with Gasteiger partial charge in [-0.25, -0.2) is 0 Å². The number of anilines is 2. The van der Waals surface area contributed by atoms with Gasteiger partial charge in [0.2, 0.25) is 0 Å². The fourth-order valence-electron chi connectivity index (χ4n) is 1.83. The maximum Gasteiger partial charge on any atom is 0.256 e. The predicted octanol–water partition coefficient (Wildman–Crippen LogP) is 3.25. The maximum absolute atomic E-state index is 12.3. The van der Waals surface area contributed by atoms with Gasteiger partial charge in [-0.3, -0.25) is 4.79 Å². The summed E-state index contributed by atoms with van der Waals surface area (Å²) in [6, 6.07) is 12.6. The lowest BCUT2D eigenvalue weighted by molar-refractivity contribution is 0.102. The quantitative estimate of drug-likeness (QED) is 0.669. The number of hydrogen-bond acceptors (Lipinski definition) is 4. The Balaban J connectivity index is 2.28. The molecular weight excluding hydrogens is 272 g/mol. The summed E-state index contributed by atoms with van der Waals surface area (Å²) in [6.45, 7) is 0. The Bertz CT molecular complexity index is 629. The molecule has 0 heterocycles. The third-order valence-corrected chi connectivity index (χ3v) is 3.62. The highest BCUT2D eigenvalue weighted by Crippen LogP contribution is 2.28. The van der Waals surface area contributed by atoms with Crippen LogP contribution in [0.1, 0.15) is 10.4 Å². The highest BCUT2D eigenvalue weighted by molar-refractivity contribution is 7.98. The van der Waals surface area contributed by atoms with Crippen molar-refractivity contribution in [3.05, 3.63) is 48.0 Å². The Morgan fingerprint density at radius 1 is 1.25 bits per heavy atom. The fourth-order valence-corrected chi connectivity index (χ4v) is 2.43. The normalized spacial score (nSPS) is 10.1. The summed E-state index contributed by atoms with van der Waals surface area (Å²) < 4.78 is 5.22. The number of nitrogens with two attached hydrogens (primary N) is 1. The third kappa shape index (κ3) is 3.05. The average molecular weight is 288 g/mol. The summed E-state index contributed by atoms with van der Waals surface area (Å²) in [5, 5.41) is 2.85. The minimum Gasteiger partial charge on any atom is -0.494 e. The highest BCUT2D eigenvalue weighted by atomic mass is 32.2. The van der Waals surface area contributed by atoms with Crippen molar-refractivity contribution < 1.29 is 9.53 Å². The molecule has 0 bridgehead atoms. The Labute approximate surface area is 122 Å². The van der Waals surface area contributed by atoms with E-state index in [2.05, 4.69) is 5.32 Å². The van der Waals surface area contributed by atoms with E-state index in [0.717, 1.165) is 4.90 Å². The number of nitrogen functional groups attached to an aromatic ring is 1. The first-order valence-electron chi connectivity index (χ1n) is 6.03. The Morgan fingerprint density at radius 2 is 2.00 bits per heavy atom. The standard InChI is InChI=1S/C15H16N2O2S/c1-19-13-9-10(16)7-8-12(13)17-15(18)11-5-3-4-6-14(11)20-2/h3-9H,16H2,1-2H3,(H,17,18). The highest BCUT2D eigenvalue weighted by Gasteiger charge is 2.13. The van der Waals surface area contributed by atoms with Crippen molar-refractivity contribution in [2.45, 2.75) is 4.90 Å². The topological polar surface area (TPSA) is 64.3 Å². The van der Waals surface area contributed by atoms with Crippen LogP contribution in [0.15, 0.2) is 47.4 Å². The average Bonchev–Trinajstić information content (AvgIpc) is 2.48. The van der Waals surface area contributed by atoms with E-state index >= 15 is 0 Å². The molecule has 1 amide bonds. The molecule has 20 heavy (non-hydrogen) atoms. The second-order valence-corrected chi connectivity index (χ2v) is 4.96. The molecule has 0 saturated carbocycles. The summed E-state index contributed by atoms with van der Waals surface area (Å²) in [7, 11) is 1.54. The van der Waals surface area contributed by atoms with Gasteiger partial charge < -0.3 is 15.8 Å². The van der Waals surface area contributed by atoms with Crippen LogP contribution in [0.4, 0.5) is 11.4 Å². The lowest BCUT2D eigenvalue weighted by Crippen LogP contribution is -2.13. The molecule has 4 nitrogen and oxygen atoms in total. The molecule has 0 aliphatic rings. The first kappa shape index (κ1) is 14.3. The summed E-state index contributed by atoms with van der Waals surface area (Å²) in [4.78, 5) is 13.3. The molecule has 104 valence electrons. The third-order valence-electron chi connectivity index (χ3n) is 2.83. The molecule has 2 aromatic carbocycles. The van der Waals surface area contributed by atoms with Gasteiger partial charge in [0.25, 0.3) is 5.91 Å². The van der Waals surface area contributed by atoms with Crippen LogP contribution in [0.2, 0.25) is 0 Å². The van der Waals surface area contributed by atoms with Crippen LogP contribution in [-0.4, -0.2) is 19.3 Å². The van der Waals surface area contributed by atoms with Crippen LogP contribution in [0, 0.1) is 0 Å². The zero-order valence-corrected chi connectivity index (χ0v) is 12.2. The molecule has 0 fully saturated rings. The molecule has 0 aliphatic heterocycles. The molecule has 0 aromatic heterocycles.